The summed E-state index contributed by atoms with van der Waals surface area (Å²) in [5.41, 5.74) is 0. The molecule has 0 bridgehead atoms. The maximum Gasteiger partial charge on any atom is 0.573 e. The van der Waals surface area contributed by atoms with Crippen LogP contribution in [0, 0.1) is 0 Å². The molecule has 3 rings (SSSR count). The minimum absolute atomic E-state index is 0.0672. The van der Waals surface area contributed by atoms with E-state index in [1.165, 1.54) is 0 Å². The van der Waals surface area contributed by atoms with Crippen molar-refractivity contribution < 1.29 is 35.9 Å². The fourth-order valence-corrected chi connectivity index (χ4v) is 4.40. The van der Waals surface area contributed by atoms with Crippen LogP contribution in [-0.2, 0) is 14.8 Å². The molecule has 142 valence electrons. The van der Waals surface area contributed by atoms with Crippen LogP contribution in [0.25, 0.3) is 0 Å². The van der Waals surface area contributed by atoms with Crippen LogP contribution < -0.4 is 10.1 Å². The van der Waals surface area contributed by atoms with Gasteiger partial charge in [-0.15, -0.1) is 13.2 Å². The van der Waals surface area contributed by atoms with Gasteiger partial charge >= 0.3 is 12.4 Å². The lowest BCUT2D eigenvalue weighted by Gasteiger charge is -2.21. The van der Waals surface area contributed by atoms with Gasteiger partial charge in [0.25, 0.3) is 0 Å². The number of amides is 3. The summed E-state index contributed by atoms with van der Waals surface area (Å²) >= 11 is 0. The van der Waals surface area contributed by atoms with Gasteiger partial charge in [-0.1, -0.05) is 0 Å². The van der Waals surface area contributed by atoms with E-state index in [-0.39, 0.29) is 31.0 Å². The van der Waals surface area contributed by atoms with Gasteiger partial charge in [-0.2, -0.15) is 4.31 Å². The summed E-state index contributed by atoms with van der Waals surface area (Å²) in [6.07, 6.45) is -4.58. The minimum Gasteiger partial charge on any atom is -0.406 e. The van der Waals surface area contributed by atoms with E-state index in [0.29, 0.717) is 0 Å². The van der Waals surface area contributed by atoms with Crippen LogP contribution in [-0.4, -0.2) is 61.6 Å². The van der Waals surface area contributed by atoms with Gasteiger partial charge in [-0.3, -0.25) is 9.69 Å². The molecule has 1 unspecified atom stereocenters. The molecule has 1 aromatic rings. The number of carbonyl (C=O) groups excluding carboxylic acids is 2. The van der Waals surface area contributed by atoms with Crippen LogP contribution in [0.4, 0.5) is 18.0 Å². The molecule has 2 aliphatic rings. The van der Waals surface area contributed by atoms with Gasteiger partial charge in [-0.05, 0) is 30.7 Å². The van der Waals surface area contributed by atoms with Crippen LogP contribution in [0.3, 0.4) is 0 Å². The number of benzene rings is 1. The van der Waals surface area contributed by atoms with Gasteiger partial charge in [0.1, 0.15) is 5.75 Å². The van der Waals surface area contributed by atoms with E-state index < -0.39 is 40.1 Å². The number of imide groups is 1. The van der Waals surface area contributed by atoms with Crippen molar-refractivity contribution in [1.29, 1.82) is 0 Å². The molecule has 0 radical (unpaired) electrons. The average molecular weight is 393 g/mol. The summed E-state index contributed by atoms with van der Waals surface area (Å²) < 4.78 is 66.5. The molecule has 1 aromatic carbocycles. The zero-order valence-electron chi connectivity index (χ0n) is 13.2. The van der Waals surface area contributed by atoms with Crippen LogP contribution in [0.5, 0.6) is 5.75 Å². The maximum absolute atomic E-state index is 12.6. The largest absolute Gasteiger partial charge is 0.573 e. The predicted molar refractivity (Wildman–Crippen MR) is 80.5 cm³/mol. The smallest absolute Gasteiger partial charge is 0.406 e. The highest BCUT2D eigenvalue weighted by atomic mass is 32.2. The molecule has 1 N–H and O–H groups in total. The molecule has 8 nitrogen and oxygen atoms in total. The molecular weight excluding hydrogens is 379 g/mol. The Balaban J connectivity index is 1.73. The Morgan fingerprint density at radius 1 is 1.15 bits per heavy atom. The monoisotopic (exact) mass is 393 g/mol. The van der Waals surface area contributed by atoms with Gasteiger partial charge in [0.05, 0.1) is 17.5 Å². The highest BCUT2D eigenvalue weighted by molar-refractivity contribution is 7.89. The lowest BCUT2D eigenvalue weighted by molar-refractivity contribution is -0.274. The Morgan fingerprint density at radius 2 is 1.81 bits per heavy atom. The zero-order valence-corrected chi connectivity index (χ0v) is 14.0. The first-order valence-electron chi connectivity index (χ1n) is 7.54. The molecule has 1 atom stereocenters. The third kappa shape index (κ3) is 3.60. The second-order valence-electron chi connectivity index (χ2n) is 5.75. The fraction of sp³-hybridized carbons (Fsp3) is 0.429. The first-order valence-corrected chi connectivity index (χ1v) is 8.98. The third-order valence-electron chi connectivity index (χ3n) is 4.06. The molecule has 0 saturated carbocycles. The van der Waals surface area contributed by atoms with Crippen molar-refractivity contribution in [1.82, 2.24) is 14.5 Å². The van der Waals surface area contributed by atoms with Crippen LogP contribution >= 0.6 is 0 Å². The summed E-state index contributed by atoms with van der Waals surface area (Å²) in [5, 5.41) is 2.37. The highest BCUT2D eigenvalue weighted by Crippen LogP contribution is 2.28. The molecule has 0 spiro atoms. The van der Waals surface area contributed by atoms with Crippen LogP contribution in [0.2, 0.25) is 0 Å². The number of hydrogen-bond donors (Lipinski definition) is 1. The molecule has 3 amide bonds. The van der Waals surface area contributed by atoms with Crippen molar-refractivity contribution in [3.05, 3.63) is 24.3 Å². The summed E-state index contributed by atoms with van der Waals surface area (Å²) in [5.74, 6) is -0.956. The second-order valence-corrected chi connectivity index (χ2v) is 7.69. The van der Waals surface area contributed by atoms with E-state index in [1.807, 2.05) is 0 Å². The number of rotatable bonds is 4. The molecule has 2 aliphatic heterocycles. The minimum atomic E-state index is -4.87. The average Bonchev–Trinajstić information content (AvgIpc) is 3.13. The molecule has 2 fully saturated rings. The fourth-order valence-electron chi connectivity index (χ4n) is 2.91. The van der Waals surface area contributed by atoms with Gasteiger partial charge in [0.2, 0.25) is 15.9 Å². The van der Waals surface area contributed by atoms with E-state index in [0.717, 1.165) is 33.5 Å². The number of alkyl halides is 3. The van der Waals surface area contributed by atoms with Gasteiger partial charge in [-0.25, -0.2) is 13.2 Å². The van der Waals surface area contributed by atoms with E-state index in [1.54, 1.807) is 0 Å². The Labute approximate surface area is 146 Å². The number of carbonyl (C=O) groups is 2. The second kappa shape index (κ2) is 6.43. The molecular formula is C14H14F3N3O5S. The number of sulfonamides is 1. The van der Waals surface area contributed by atoms with Crippen molar-refractivity contribution in [2.24, 2.45) is 0 Å². The molecule has 0 aromatic heterocycles. The first kappa shape index (κ1) is 18.5. The Hall–Kier alpha value is -2.34. The Morgan fingerprint density at radius 3 is 2.35 bits per heavy atom. The number of urea groups is 1. The van der Waals surface area contributed by atoms with E-state index in [4.69, 9.17) is 0 Å². The van der Waals surface area contributed by atoms with Crippen molar-refractivity contribution in [2.75, 3.05) is 19.6 Å². The van der Waals surface area contributed by atoms with Crippen molar-refractivity contribution in [2.45, 2.75) is 23.7 Å². The summed E-state index contributed by atoms with van der Waals surface area (Å²) in [4.78, 5) is 24.2. The van der Waals surface area contributed by atoms with Crippen molar-refractivity contribution in [3.8, 4) is 5.75 Å². The Bertz CT molecular complexity index is 809. The predicted octanol–water partition coefficient (Wildman–Crippen LogP) is 0.900. The molecule has 2 saturated heterocycles. The quantitative estimate of drug-likeness (QED) is 0.767. The summed E-state index contributed by atoms with van der Waals surface area (Å²) in [7, 11) is -3.97. The number of ether oxygens (including phenoxy) is 1. The van der Waals surface area contributed by atoms with Crippen LogP contribution in [0.15, 0.2) is 29.2 Å². The van der Waals surface area contributed by atoms with E-state index in [2.05, 4.69) is 10.1 Å². The topological polar surface area (TPSA) is 96.0 Å². The van der Waals surface area contributed by atoms with Crippen molar-refractivity contribution >= 4 is 22.0 Å². The Kier molecular flexibility index (Phi) is 4.56. The van der Waals surface area contributed by atoms with E-state index in [9.17, 15) is 31.2 Å². The standard InChI is InChI=1S/C14H14F3N3O5S/c15-14(16,17)25-10-1-3-11(4-2-10)26(23,24)19-6-5-9(8-19)20-12(21)7-18-13(20)22/h1-4,9H,5-8H2,(H,18,22). The molecule has 0 aliphatic carbocycles. The maximum atomic E-state index is 12.6. The SMILES string of the molecule is O=C1CNC(=O)N1C1CCN(S(=O)(=O)c2ccc(OC(F)(F)F)cc2)C1. The van der Waals surface area contributed by atoms with Gasteiger partial charge in [0, 0.05) is 13.1 Å². The van der Waals surface area contributed by atoms with Gasteiger partial charge < -0.3 is 10.1 Å². The molecule has 26 heavy (non-hydrogen) atoms. The first-order chi connectivity index (χ1) is 12.1. The highest BCUT2D eigenvalue weighted by Gasteiger charge is 2.41. The summed E-state index contributed by atoms with van der Waals surface area (Å²) in [6.45, 7) is -0.101. The number of nitrogens with zero attached hydrogens (tertiary/aromatic N) is 2. The van der Waals surface area contributed by atoms with Crippen LogP contribution in [0.1, 0.15) is 6.42 Å². The molecule has 12 heteroatoms. The summed E-state index contributed by atoms with van der Waals surface area (Å²) in [6, 6.07) is 2.70. The van der Waals surface area contributed by atoms with E-state index >= 15 is 0 Å². The van der Waals surface area contributed by atoms with Crippen molar-refractivity contribution in [3.63, 3.8) is 0 Å². The van der Waals surface area contributed by atoms with Gasteiger partial charge in [0.15, 0.2) is 0 Å². The number of nitrogens with one attached hydrogen (secondary N) is 1. The third-order valence-corrected chi connectivity index (χ3v) is 5.94. The zero-order chi connectivity index (χ0) is 19.1. The number of halogens is 3. The normalized spacial score (nSPS) is 22.0. The lowest BCUT2D eigenvalue weighted by Crippen LogP contribution is -2.42. The lowest BCUT2D eigenvalue weighted by atomic mass is 10.2. The number of hydrogen-bond acceptors (Lipinski definition) is 5. The molecule has 2 heterocycles.